The molecular formula is C8H17NO. The molecule has 0 rings (SSSR count). The van der Waals surface area contributed by atoms with Gasteiger partial charge in [-0.25, -0.2) is 0 Å². The Hall–Kier alpha value is -0.500. The molecule has 0 aromatic heterocycles. The van der Waals surface area contributed by atoms with Crippen molar-refractivity contribution in [1.29, 1.82) is 0 Å². The largest absolute Gasteiger partial charge is 0.493 e. The van der Waals surface area contributed by atoms with Crippen molar-refractivity contribution >= 4 is 0 Å². The molecule has 0 radical (unpaired) electrons. The third kappa shape index (κ3) is 5.63. The summed E-state index contributed by atoms with van der Waals surface area (Å²) in [5.41, 5.74) is 5.17. The molecular weight excluding hydrogens is 126 g/mol. The minimum Gasteiger partial charge on any atom is -0.493 e. The van der Waals surface area contributed by atoms with E-state index in [1.165, 1.54) is 0 Å². The third-order valence-corrected chi connectivity index (χ3v) is 0.874. The van der Waals surface area contributed by atoms with E-state index >= 15 is 0 Å². The van der Waals surface area contributed by atoms with Crippen LogP contribution in [0.1, 0.15) is 27.2 Å². The summed E-state index contributed by atoms with van der Waals surface area (Å²) in [7, 11) is 0. The zero-order valence-corrected chi connectivity index (χ0v) is 7.11. The van der Waals surface area contributed by atoms with E-state index in [4.69, 9.17) is 10.5 Å². The molecule has 2 nitrogen and oxygen atoms in total. The molecule has 2 N–H and O–H groups in total. The van der Waals surface area contributed by atoms with Gasteiger partial charge in [0.15, 0.2) is 0 Å². The molecule has 0 heterocycles. The lowest BCUT2D eigenvalue weighted by atomic mass is 10.2. The fraction of sp³-hybridized carbons (Fsp3) is 0.750. The van der Waals surface area contributed by atoms with Crippen LogP contribution >= 0.6 is 0 Å². The Bertz CT molecular complexity index is 113. The van der Waals surface area contributed by atoms with E-state index in [2.05, 4.69) is 6.58 Å². The van der Waals surface area contributed by atoms with Crippen LogP contribution in [-0.4, -0.2) is 12.1 Å². The van der Waals surface area contributed by atoms with Crippen LogP contribution in [0.15, 0.2) is 12.3 Å². The zero-order valence-electron chi connectivity index (χ0n) is 7.11. The van der Waals surface area contributed by atoms with Crippen LogP contribution < -0.4 is 5.73 Å². The van der Waals surface area contributed by atoms with Crippen molar-refractivity contribution in [3.63, 3.8) is 0 Å². The molecule has 2 heteroatoms. The van der Waals surface area contributed by atoms with Crippen molar-refractivity contribution in [3.8, 4) is 0 Å². The Morgan fingerprint density at radius 3 is 2.30 bits per heavy atom. The van der Waals surface area contributed by atoms with Gasteiger partial charge in [0.2, 0.25) is 0 Å². The fourth-order valence-electron chi connectivity index (χ4n) is 0.645. The minimum atomic E-state index is -0.133. The molecule has 0 aliphatic heterocycles. The maximum atomic E-state index is 5.40. The molecule has 0 fully saturated rings. The second-order valence-electron chi connectivity index (χ2n) is 3.29. The smallest absolute Gasteiger partial charge is 0.100 e. The van der Waals surface area contributed by atoms with Gasteiger partial charge in [0.25, 0.3) is 0 Å². The Morgan fingerprint density at radius 2 is 2.00 bits per heavy atom. The van der Waals surface area contributed by atoms with Gasteiger partial charge in [0, 0.05) is 6.42 Å². The summed E-state index contributed by atoms with van der Waals surface area (Å²) in [6.45, 7) is 10.3. The standard InChI is InChI=1S/C8H17NO/c1-7(5-6-9)10-8(2,3)4/h1,5-6,9H2,2-4H3. The number of rotatable bonds is 3. The molecule has 0 saturated carbocycles. The van der Waals surface area contributed by atoms with Gasteiger partial charge in [-0.15, -0.1) is 0 Å². The van der Waals surface area contributed by atoms with Crippen molar-refractivity contribution in [1.82, 2.24) is 0 Å². The van der Waals surface area contributed by atoms with Gasteiger partial charge in [-0.1, -0.05) is 6.58 Å². The normalized spacial score (nSPS) is 11.2. The van der Waals surface area contributed by atoms with Crippen molar-refractivity contribution < 1.29 is 4.74 Å². The van der Waals surface area contributed by atoms with Crippen LogP contribution in [0.25, 0.3) is 0 Å². The minimum absolute atomic E-state index is 0.133. The van der Waals surface area contributed by atoms with Crippen LogP contribution in [0.3, 0.4) is 0 Å². The monoisotopic (exact) mass is 143 g/mol. The Balaban J connectivity index is 3.58. The lowest BCUT2D eigenvalue weighted by Crippen LogP contribution is -2.19. The molecule has 0 aliphatic carbocycles. The first kappa shape index (κ1) is 9.50. The average molecular weight is 143 g/mol. The Morgan fingerprint density at radius 1 is 1.50 bits per heavy atom. The first-order valence-electron chi connectivity index (χ1n) is 3.52. The van der Waals surface area contributed by atoms with Crippen molar-refractivity contribution in [2.45, 2.75) is 32.8 Å². The molecule has 0 aromatic carbocycles. The highest BCUT2D eigenvalue weighted by molar-refractivity contribution is 4.85. The number of nitrogens with two attached hydrogens (primary N) is 1. The summed E-state index contributed by atoms with van der Waals surface area (Å²) in [6, 6.07) is 0. The molecule has 0 aromatic rings. The predicted octanol–water partition coefficient (Wildman–Crippen LogP) is 1.66. The second kappa shape index (κ2) is 3.62. The first-order valence-corrected chi connectivity index (χ1v) is 3.52. The number of hydrogen-bond donors (Lipinski definition) is 1. The quantitative estimate of drug-likeness (QED) is 0.610. The van der Waals surface area contributed by atoms with Crippen LogP contribution in [0, 0.1) is 0 Å². The zero-order chi connectivity index (χ0) is 8.20. The molecule has 60 valence electrons. The topological polar surface area (TPSA) is 35.2 Å². The lowest BCUT2D eigenvalue weighted by molar-refractivity contribution is 0.0485. The van der Waals surface area contributed by atoms with Crippen molar-refractivity contribution in [2.75, 3.05) is 6.54 Å². The van der Waals surface area contributed by atoms with E-state index in [0.29, 0.717) is 6.54 Å². The SMILES string of the molecule is C=C(CCN)OC(C)(C)C. The number of ether oxygens (including phenoxy) is 1. The summed E-state index contributed by atoms with van der Waals surface area (Å²) < 4.78 is 5.40. The van der Waals surface area contributed by atoms with Gasteiger partial charge in [0.05, 0.1) is 5.76 Å². The Kier molecular flexibility index (Phi) is 3.43. The molecule has 0 amide bonds. The van der Waals surface area contributed by atoms with Gasteiger partial charge in [0.1, 0.15) is 5.60 Å². The van der Waals surface area contributed by atoms with E-state index < -0.39 is 0 Å². The van der Waals surface area contributed by atoms with Gasteiger partial charge in [-0.3, -0.25) is 0 Å². The second-order valence-corrected chi connectivity index (χ2v) is 3.29. The maximum Gasteiger partial charge on any atom is 0.100 e. The Labute approximate surface area is 63.1 Å². The summed E-state index contributed by atoms with van der Waals surface area (Å²) >= 11 is 0. The maximum absolute atomic E-state index is 5.40. The van der Waals surface area contributed by atoms with Crippen molar-refractivity contribution in [2.24, 2.45) is 5.73 Å². The molecule has 0 unspecified atom stereocenters. The highest BCUT2D eigenvalue weighted by Gasteiger charge is 2.11. The fourth-order valence-corrected chi connectivity index (χ4v) is 0.645. The average Bonchev–Trinajstić information content (AvgIpc) is 1.59. The van der Waals surface area contributed by atoms with E-state index in [9.17, 15) is 0 Å². The van der Waals surface area contributed by atoms with Gasteiger partial charge >= 0.3 is 0 Å². The molecule has 10 heavy (non-hydrogen) atoms. The van der Waals surface area contributed by atoms with Crippen LogP contribution in [0.5, 0.6) is 0 Å². The third-order valence-electron chi connectivity index (χ3n) is 0.874. The van der Waals surface area contributed by atoms with E-state index in [-0.39, 0.29) is 5.60 Å². The first-order chi connectivity index (χ1) is 4.45. The molecule has 0 atom stereocenters. The summed E-state index contributed by atoms with van der Waals surface area (Å²) in [6.07, 6.45) is 0.747. The molecule has 0 bridgehead atoms. The van der Waals surface area contributed by atoms with Gasteiger partial charge < -0.3 is 10.5 Å². The van der Waals surface area contributed by atoms with Crippen LogP contribution in [0.2, 0.25) is 0 Å². The summed E-state index contributed by atoms with van der Waals surface area (Å²) in [5.74, 6) is 0.773. The molecule has 0 spiro atoms. The molecule has 0 saturated heterocycles. The van der Waals surface area contributed by atoms with E-state index in [0.717, 1.165) is 12.2 Å². The van der Waals surface area contributed by atoms with E-state index in [1.54, 1.807) is 0 Å². The lowest BCUT2D eigenvalue weighted by Gasteiger charge is -2.22. The summed E-state index contributed by atoms with van der Waals surface area (Å²) in [4.78, 5) is 0. The van der Waals surface area contributed by atoms with Crippen molar-refractivity contribution in [3.05, 3.63) is 12.3 Å². The predicted molar refractivity (Wildman–Crippen MR) is 43.6 cm³/mol. The van der Waals surface area contributed by atoms with Gasteiger partial charge in [-0.05, 0) is 27.3 Å². The molecule has 0 aliphatic rings. The highest BCUT2D eigenvalue weighted by Crippen LogP contribution is 2.13. The van der Waals surface area contributed by atoms with Crippen LogP contribution in [0.4, 0.5) is 0 Å². The summed E-state index contributed by atoms with van der Waals surface area (Å²) in [5, 5.41) is 0. The van der Waals surface area contributed by atoms with Gasteiger partial charge in [-0.2, -0.15) is 0 Å². The van der Waals surface area contributed by atoms with E-state index in [1.807, 2.05) is 20.8 Å². The number of hydrogen-bond acceptors (Lipinski definition) is 2. The highest BCUT2D eigenvalue weighted by atomic mass is 16.5. The van der Waals surface area contributed by atoms with Crippen LogP contribution in [-0.2, 0) is 4.74 Å².